The average Bonchev–Trinajstić information content (AvgIpc) is 3.17. The molecule has 2 unspecified atom stereocenters. The second-order valence-electron chi connectivity index (χ2n) is 5.71. The van der Waals surface area contributed by atoms with Gasteiger partial charge in [-0.3, -0.25) is 4.68 Å². The van der Waals surface area contributed by atoms with Gasteiger partial charge < -0.3 is 10.1 Å². The minimum atomic E-state index is 0.116. The highest BCUT2D eigenvalue weighted by atomic mass is 35.5. The summed E-state index contributed by atoms with van der Waals surface area (Å²) in [5, 5.41) is 8.72. The number of halogens is 1. The van der Waals surface area contributed by atoms with Crippen molar-refractivity contribution in [1.29, 1.82) is 0 Å². The summed E-state index contributed by atoms with van der Waals surface area (Å²) in [5.74, 6) is 0.644. The number of nitrogens with one attached hydrogen (secondary N) is 1. The quantitative estimate of drug-likeness (QED) is 0.797. The maximum Gasteiger partial charge on any atom is 0.0835 e. The fourth-order valence-electron chi connectivity index (χ4n) is 2.76. The standard InChI is InChI=1S/C15H26ClN3O/c1-5-17-13(15(20-6-2)11-7-8-11)14-12(16)9-18-19(14)10(3)4/h9-11,13,15,17H,5-8H2,1-4H3. The van der Waals surface area contributed by atoms with E-state index >= 15 is 0 Å². The molecule has 0 bridgehead atoms. The van der Waals surface area contributed by atoms with Gasteiger partial charge in [-0.25, -0.2) is 0 Å². The molecule has 0 spiro atoms. The zero-order chi connectivity index (χ0) is 14.7. The Hall–Kier alpha value is -0.580. The van der Waals surface area contributed by atoms with Gasteiger partial charge in [-0.15, -0.1) is 0 Å². The molecule has 1 N–H and O–H groups in total. The Morgan fingerprint density at radius 1 is 1.45 bits per heavy atom. The number of rotatable bonds is 8. The van der Waals surface area contributed by atoms with Crippen molar-refractivity contribution in [3.63, 3.8) is 0 Å². The van der Waals surface area contributed by atoms with Crippen LogP contribution in [0.4, 0.5) is 0 Å². The van der Waals surface area contributed by atoms with Crippen molar-refractivity contribution in [1.82, 2.24) is 15.1 Å². The fourth-order valence-corrected chi connectivity index (χ4v) is 3.01. The minimum Gasteiger partial charge on any atom is -0.376 e. The number of nitrogens with zero attached hydrogens (tertiary/aromatic N) is 2. The summed E-state index contributed by atoms with van der Waals surface area (Å²) in [5.41, 5.74) is 1.06. The Kier molecular flexibility index (Phi) is 5.47. The Labute approximate surface area is 126 Å². The van der Waals surface area contributed by atoms with E-state index in [1.165, 1.54) is 12.8 Å². The van der Waals surface area contributed by atoms with Crippen molar-refractivity contribution >= 4 is 11.6 Å². The van der Waals surface area contributed by atoms with Crippen LogP contribution in [0, 0.1) is 5.92 Å². The number of hydrogen-bond acceptors (Lipinski definition) is 3. The number of likely N-dealkylation sites (N-methyl/N-ethyl adjacent to an activating group) is 1. The molecule has 0 saturated heterocycles. The Balaban J connectivity index is 2.33. The van der Waals surface area contributed by atoms with Gasteiger partial charge in [0.25, 0.3) is 0 Å². The summed E-state index contributed by atoms with van der Waals surface area (Å²) >= 11 is 6.41. The molecule has 0 amide bonds. The van der Waals surface area contributed by atoms with Crippen LogP contribution in [0.3, 0.4) is 0 Å². The molecular weight excluding hydrogens is 274 g/mol. The zero-order valence-corrected chi connectivity index (χ0v) is 13.7. The molecule has 1 fully saturated rings. The van der Waals surface area contributed by atoms with Crippen molar-refractivity contribution in [2.24, 2.45) is 5.92 Å². The third-order valence-electron chi connectivity index (χ3n) is 3.77. The first-order chi connectivity index (χ1) is 9.60. The van der Waals surface area contributed by atoms with E-state index in [0.717, 1.165) is 23.9 Å². The third-order valence-corrected chi connectivity index (χ3v) is 4.06. The predicted molar refractivity (Wildman–Crippen MR) is 82.2 cm³/mol. The van der Waals surface area contributed by atoms with E-state index in [1.54, 1.807) is 6.20 Å². The summed E-state index contributed by atoms with van der Waals surface area (Å²) in [6, 6.07) is 0.407. The van der Waals surface area contributed by atoms with Crippen LogP contribution in [0.25, 0.3) is 0 Å². The van der Waals surface area contributed by atoms with Crippen LogP contribution >= 0.6 is 11.6 Å². The summed E-state index contributed by atoms with van der Waals surface area (Å²) in [4.78, 5) is 0. The van der Waals surface area contributed by atoms with Crippen LogP contribution in [0.5, 0.6) is 0 Å². The van der Waals surface area contributed by atoms with E-state index in [0.29, 0.717) is 12.0 Å². The lowest BCUT2D eigenvalue weighted by Gasteiger charge is -2.29. The first kappa shape index (κ1) is 15.8. The van der Waals surface area contributed by atoms with Gasteiger partial charge in [0.1, 0.15) is 0 Å². The normalized spacial score (nSPS) is 18.5. The molecule has 5 heteroatoms. The third kappa shape index (κ3) is 3.35. The van der Waals surface area contributed by atoms with E-state index in [1.807, 2.05) is 4.68 Å². The average molecular weight is 300 g/mol. The van der Waals surface area contributed by atoms with Gasteiger partial charge in [0.05, 0.1) is 29.1 Å². The van der Waals surface area contributed by atoms with E-state index < -0.39 is 0 Å². The summed E-state index contributed by atoms with van der Waals surface area (Å²) in [6.45, 7) is 10.1. The fraction of sp³-hybridized carbons (Fsp3) is 0.800. The molecule has 0 aliphatic heterocycles. The summed E-state index contributed by atoms with van der Waals surface area (Å²) in [7, 11) is 0. The van der Waals surface area contributed by atoms with Crippen LogP contribution < -0.4 is 5.32 Å². The maximum atomic E-state index is 6.41. The molecule has 0 radical (unpaired) electrons. The molecule has 1 aliphatic carbocycles. The molecule has 4 nitrogen and oxygen atoms in total. The molecule has 1 aromatic rings. The van der Waals surface area contributed by atoms with Crippen LogP contribution in [-0.4, -0.2) is 29.0 Å². The van der Waals surface area contributed by atoms with Crippen molar-refractivity contribution in [3.05, 3.63) is 16.9 Å². The highest BCUT2D eigenvalue weighted by Gasteiger charge is 2.40. The molecule has 2 atom stereocenters. The highest BCUT2D eigenvalue weighted by molar-refractivity contribution is 6.31. The van der Waals surface area contributed by atoms with Crippen molar-refractivity contribution in [3.8, 4) is 0 Å². The smallest absolute Gasteiger partial charge is 0.0835 e. The summed E-state index contributed by atoms with van der Waals surface area (Å²) < 4.78 is 8.05. The molecule has 1 heterocycles. The maximum absolute atomic E-state index is 6.41. The van der Waals surface area contributed by atoms with Gasteiger partial charge >= 0.3 is 0 Å². The van der Waals surface area contributed by atoms with Crippen molar-refractivity contribution in [2.75, 3.05) is 13.2 Å². The number of hydrogen-bond donors (Lipinski definition) is 1. The van der Waals surface area contributed by atoms with Crippen LogP contribution in [0.15, 0.2) is 6.20 Å². The second-order valence-corrected chi connectivity index (χ2v) is 6.12. The van der Waals surface area contributed by atoms with E-state index in [-0.39, 0.29) is 12.1 Å². The molecule has 1 saturated carbocycles. The number of aromatic nitrogens is 2. The highest BCUT2D eigenvalue weighted by Crippen LogP contribution is 2.41. The Bertz CT molecular complexity index is 429. The lowest BCUT2D eigenvalue weighted by Crippen LogP contribution is -2.37. The van der Waals surface area contributed by atoms with Gasteiger partial charge in [0.15, 0.2) is 0 Å². The second kappa shape index (κ2) is 6.92. The SMILES string of the molecule is CCNC(c1c(Cl)cnn1C(C)C)C(OCC)C1CC1. The van der Waals surface area contributed by atoms with Crippen LogP contribution in [0.1, 0.15) is 58.3 Å². The zero-order valence-electron chi connectivity index (χ0n) is 12.9. The summed E-state index contributed by atoms with van der Waals surface area (Å²) in [6.07, 6.45) is 4.43. The minimum absolute atomic E-state index is 0.116. The van der Waals surface area contributed by atoms with Crippen LogP contribution in [-0.2, 0) is 4.74 Å². The first-order valence-corrected chi connectivity index (χ1v) is 8.05. The van der Waals surface area contributed by atoms with E-state index in [2.05, 4.69) is 38.1 Å². The van der Waals surface area contributed by atoms with Gasteiger partial charge in [0, 0.05) is 12.6 Å². The van der Waals surface area contributed by atoms with Crippen molar-refractivity contribution < 1.29 is 4.74 Å². The molecule has 2 rings (SSSR count). The molecule has 1 aliphatic rings. The van der Waals surface area contributed by atoms with Crippen LogP contribution in [0.2, 0.25) is 5.02 Å². The monoisotopic (exact) mass is 299 g/mol. The molecule has 20 heavy (non-hydrogen) atoms. The molecular formula is C15H26ClN3O. The lowest BCUT2D eigenvalue weighted by atomic mass is 10.0. The Morgan fingerprint density at radius 3 is 2.65 bits per heavy atom. The van der Waals surface area contributed by atoms with Gasteiger partial charge in [-0.05, 0) is 46.1 Å². The van der Waals surface area contributed by atoms with Gasteiger partial charge in [-0.2, -0.15) is 5.10 Å². The molecule has 114 valence electrons. The topological polar surface area (TPSA) is 39.1 Å². The van der Waals surface area contributed by atoms with Gasteiger partial charge in [0.2, 0.25) is 0 Å². The van der Waals surface area contributed by atoms with Gasteiger partial charge in [-0.1, -0.05) is 18.5 Å². The lowest BCUT2D eigenvalue weighted by molar-refractivity contribution is 0.0165. The largest absolute Gasteiger partial charge is 0.376 e. The predicted octanol–water partition coefficient (Wildman–Crippen LogP) is 3.58. The molecule has 1 aromatic heterocycles. The van der Waals surface area contributed by atoms with Crippen molar-refractivity contribution in [2.45, 2.75) is 58.7 Å². The first-order valence-electron chi connectivity index (χ1n) is 7.68. The molecule has 0 aromatic carbocycles. The Morgan fingerprint density at radius 2 is 2.15 bits per heavy atom. The van der Waals surface area contributed by atoms with E-state index in [9.17, 15) is 0 Å². The number of ether oxygens (including phenoxy) is 1. The van der Waals surface area contributed by atoms with E-state index in [4.69, 9.17) is 16.3 Å².